The molecule has 0 bridgehead atoms. The molecule has 0 N–H and O–H groups in total. The maximum atomic E-state index is 2.38. The van der Waals surface area contributed by atoms with Crippen LogP contribution in [-0.4, -0.2) is 0 Å². The van der Waals surface area contributed by atoms with E-state index in [0.29, 0.717) is 0 Å². The van der Waals surface area contributed by atoms with Gasteiger partial charge in [0.15, 0.2) is 0 Å². The van der Waals surface area contributed by atoms with Crippen LogP contribution < -0.4 is 0 Å². The summed E-state index contributed by atoms with van der Waals surface area (Å²) in [5.41, 5.74) is 5.99. The Morgan fingerprint density at radius 1 is 0.778 bits per heavy atom. The van der Waals surface area contributed by atoms with E-state index in [1.165, 1.54) is 43.2 Å². The van der Waals surface area contributed by atoms with Gasteiger partial charge in [0.1, 0.15) is 0 Å². The zero-order valence-corrected chi connectivity index (χ0v) is 10.9. The molecule has 0 nitrogen and oxygen atoms in total. The number of benzene rings is 1. The minimum atomic E-state index is 1.12. The smallest absolute Gasteiger partial charge is 0.00887 e. The molecule has 0 heterocycles. The largest absolute Gasteiger partial charge is 0.0723 e. The molecule has 0 heteroatoms. The lowest BCUT2D eigenvalue weighted by Crippen LogP contribution is -1.99. The van der Waals surface area contributed by atoms with E-state index >= 15 is 0 Å². The molecule has 0 unspecified atom stereocenters. The molecule has 1 aromatic rings. The quantitative estimate of drug-likeness (QED) is 0.621. The zero-order valence-electron chi connectivity index (χ0n) is 10.9. The van der Waals surface area contributed by atoms with Gasteiger partial charge >= 0.3 is 0 Å². The van der Waals surface area contributed by atoms with E-state index in [1.54, 1.807) is 11.1 Å². The van der Waals surface area contributed by atoms with Crippen LogP contribution in [0.1, 0.15) is 44.1 Å². The fourth-order valence-corrected chi connectivity index (χ4v) is 2.95. The molecule has 3 rings (SSSR count). The first-order chi connectivity index (χ1) is 8.93. The van der Waals surface area contributed by atoms with Gasteiger partial charge in [-0.15, -0.1) is 0 Å². The highest BCUT2D eigenvalue weighted by atomic mass is 14.2. The lowest BCUT2D eigenvalue weighted by molar-refractivity contribution is 0.594. The molecule has 1 aromatic carbocycles. The van der Waals surface area contributed by atoms with Crippen LogP contribution in [-0.2, 0) is 0 Å². The molecular formula is C18H20. The third-order valence-electron chi connectivity index (χ3n) is 4.02. The number of rotatable bonds is 1. The van der Waals surface area contributed by atoms with Crippen molar-refractivity contribution in [1.29, 1.82) is 0 Å². The van der Waals surface area contributed by atoms with Gasteiger partial charge in [-0.25, -0.2) is 0 Å². The van der Waals surface area contributed by atoms with Crippen molar-refractivity contribution in [3.8, 4) is 0 Å². The van der Waals surface area contributed by atoms with Crippen LogP contribution in [0.5, 0.6) is 0 Å². The summed E-state index contributed by atoms with van der Waals surface area (Å²) in [6.07, 6.45) is 15.0. The van der Waals surface area contributed by atoms with Gasteiger partial charge in [-0.05, 0) is 48.8 Å². The second-order valence-electron chi connectivity index (χ2n) is 5.25. The molecule has 1 fully saturated rings. The molecule has 2 aliphatic carbocycles. The lowest BCUT2D eigenvalue weighted by Gasteiger charge is -2.19. The number of allylic oxidation sites excluding steroid dienone is 6. The maximum Gasteiger partial charge on any atom is -0.00887 e. The van der Waals surface area contributed by atoms with Crippen molar-refractivity contribution in [3.63, 3.8) is 0 Å². The summed E-state index contributed by atoms with van der Waals surface area (Å²) in [7, 11) is 0. The van der Waals surface area contributed by atoms with Crippen molar-refractivity contribution in [2.75, 3.05) is 0 Å². The van der Waals surface area contributed by atoms with E-state index in [-0.39, 0.29) is 0 Å². The van der Waals surface area contributed by atoms with Gasteiger partial charge in [0.05, 0.1) is 0 Å². The van der Waals surface area contributed by atoms with Crippen molar-refractivity contribution < 1.29 is 0 Å². The van der Waals surface area contributed by atoms with E-state index in [2.05, 4.69) is 48.6 Å². The third-order valence-corrected chi connectivity index (χ3v) is 4.02. The van der Waals surface area contributed by atoms with Gasteiger partial charge in [0, 0.05) is 0 Å². The Morgan fingerprint density at radius 2 is 1.56 bits per heavy atom. The molecule has 0 aliphatic heterocycles. The summed E-state index contributed by atoms with van der Waals surface area (Å²) in [5, 5.41) is 0. The molecule has 0 saturated heterocycles. The van der Waals surface area contributed by atoms with Crippen molar-refractivity contribution in [2.45, 2.75) is 38.5 Å². The van der Waals surface area contributed by atoms with Crippen LogP contribution in [0.15, 0.2) is 59.7 Å². The van der Waals surface area contributed by atoms with Gasteiger partial charge in [0.25, 0.3) is 0 Å². The highest BCUT2D eigenvalue weighted by Gasteiger charge is 2.11. The van der Waals surface area contributed by atoms with Crippen molar-refractivity contribution in [3.05, 3.63) is 65.3 Å². The normalized spacial score (nSPS) is 19.9. The van der Waals surface area contributed by atoms with Gasteiger partial charge in [-0.2, -0.15) is 0 Å². The van der Waals surface area contributed by atoms with Crippen molar-refractivity contribution in [1.82, 2.24) is 0 Å². The maximum absolute atomic E-state index is 2.38. The SMILES string of the molecule is C1=CC(=C2CCCCC2)CC=C1c1ccccc1. The van der Waals surface area contributed by atoms with E-state index in [0.717, 1.165) is 6.42 Å². The first kappa shape index (κ1) is 11.5. The van der Waals surface area contributed by atoms with Crippen molar-refractivity contribution >= 4 is 5.57 Å². The molecule has 18 heavy (non-hydrogen) atoms. The standard InChI is InChI=1S/C18H20/c1-3-7-15(8-4-1)17-11-13-18(14-12-17)16-9-5-2-6-10-16/h1,3-4,7-8,11-13H,2,5-6,9-10,14H2. The summed E-state index contributed by atoms with van der Waals surface area (Å²) >= 11 is 0. The molecule has 0 radical (unpaired) electrons. The van der Waals surface area contributed by atoms with Gasteiger partial charge in [-0.3, -0.25) is 0 Å². The molecular weight excluding hydrogens is 216 g/mol. The first-order valence-electron chi connectivity index (χ1n) is 7.08. The van der Waals surface area contributed by atoms with Crippen LogP contribution in [0.2, 0.25) is 0 Å². The summed E-state index contributed by atoms with van der Waals surface area (Å²) in [5.74, 6) is 0. The van der Waals surface area contributed by atoms with Gasteiger partial charge in [-0.1, -0.05) is 60.6 Å². The van der Waals surface area contributed by atoms with E-state index in [4.69, 9.17) is 0 Å². The average molecular weight is 236 g/mol. The molecule has 92 valence electrons. The Balaban J connectivity index is 1.78. The van der Waals surface area contributed by atoms with Crippen LogP contribution in [0, 0.1) is 0 Å². The minimum Gasteiger partial charge on any atom is -0.0723 e. The summed E-state index contributed by atoms with van der Waals surface area (Å²) in [4.78, 5) is 0. The second kappa shape index (κ2) is 5.39. The first-order valence-corrected chi connectivity index (χ1v) is 7.08. The molecule has 2 aliphatic rings. The Labute approximate surface area is 110 Å². The predicted octanol–water partition coefficient (Wildman–Crippen LogP) is 5.29. The average Bonchev–Trinajstić information content (AvgIpc) is 2.49. The third kappa shape index (κ3) is 2.48. The van der Waals surface area contributed by atoms with Gasteiger partial charge < -0.3 is 0 Å². The fourth-order valence-electron chi connectivity index (χ4n) is 2.95. The topological polar surface area (TPSA) is 0 Å². The Morgan fingerprint density at radius 3 is 2.22 bits per heavy atom. The molecule has 1 saturated carbocycles. The second-order valence-corrected chi connectivity index (χ2v) is 5.25. The Kier molecular flexibility index (Phi) is 3.45. The lowest BCUT2D eigenvalue weighted by atomic mass is 9.87. The summed E-state index contributed by atoms with van der Waals surface area (Å²) < 4.78 is 0. The highest BCUT2D eigenvalue weighted by molar-refractivity contribution is 5.76. The zero-order chi connectivity index (χ0) is 12.2. The Bertz CT molecular complexity index is 492. The Hall–Kier alpha value is -1.56. The highest BCUT2D eigenvalue weighted by Crippen LogP contribution is 2.31. The van der Waals surface area contributed by atoms with E-state index in [9.17, 15) is 0 Å². The van der Waals surface area contributed by atoms with Crippen LogP contribution in [0.3, 0.4) is 0 Å². The van der Waals surface area contributed by atoms with Gasteiger partial charge in [0.2, 0.25) is 0 Å². The number of hydrogen-bond donors (Lipinski definition) is 0. The van der Waals surface area contributed by atoms with E-state index < -0.39 is 0 Å². The fraction of sp³-hybridized carbons (Fsp3) is 0.333. The molecule has 0 spiro atoms. The monoisotopic (exact) mass is 236 g/mol. The summed E-state index contributed by atoms with van der Waals surface area (Å²) in [6, 6.07) is 10.7. The molecule has 0 amide bonds. The molecule has 0 aromatic heterocycles. The van der Waals surface area contributed by atoms with Crippen molar-refractivity contribution in [2.24, 2.45) is 0 Å². The van der Waals surface area contributed by atoms with Crippen LogP contribution >= 0.6 is 0 Å². The minimum absolute atomic E-state index is 1.12. The predicted molar refractivity (Wildman–Crippen MR) is 78.3 cm³/mol. The molecule has 0 atom stereocenters. The van der Waals surface area contributed by atoms with E-state index in [1.807, 2.05) is 0 Å². The van der Waals surface area contributed by atoms with Crippen LogP contribution in [0.25, 0.3) is 5.57 Å². The number of hydrogen-bond acceptors (Lipinski definition) is 0. The summed E-state index contributed by atoms with van der Waals surface area (Å²) in [6.45, 7) is 0. The van der Waals surface area contributed by atoms with Crippen LogP contribution in [0.4, 0.5) is 0 Å².